The van der Waals surface area contributed by atoms with Gasteiger partial charge in [-0.15, -0.1) is 0 Å². The number of morpholine rings is 1. The number of pyridine rings is 1. The first-order chi connectivity index (χ1) is 18.0. The molecule has 2 aromatic rings. The quantitative estimate of drug-likeness (QED) is 0.604. The lowest BCUT2D eigenvalue weighted by Crippen LogP contribution is -2.53. The third kappa shape index (κ3) is 4.96. The van der Waals surface area contributed by atoms with Crippen LogP contribution in [0.2, 0.25) is 0 Å². The molecular formula is C27H32F3N5O3. The molecule has 0 saturated carbocycles. The summed E-state index contributed by atoms with van der Waals surface area (Å²) in [7, 11) is 1.66. The highest BCUT2D eigenvalue weighted by Crippen LogP contribution is 2.41. The van der Waals surface area contributed by atoms with Crippen LogP contribution in [0.15, 0.2) is 30.3 Å². The minimum atomic E-state index is -4.60. The van der Waals surface area contributed by atoms with Crippen LogP contribution < -0.4 is 14.7 Å². The first-order valence-electron chi connectivity index (χ1n) is 12.8. The van der Waals surface area contributed by atoms with Crippen LogP contribution in [0.4, 0.5) is 30.4 Å². The van der Waals surface area contributed by atoms with Crippen molar-refractivity contribution >= 4 is 29.0 Å². The van der Waals surface area contributed by atoms with Crippen LogP contribution in [0.3, 0.4) is 0 Å². The molecule has 0 bridgehead atoms. The second kappa shape index (κ2) is 10.2. The van der Waals surface area contributed by atoms with Crippen molar-refractivity contribution in [2.75, 3.05) is 67.7 Å². The number of carbonyl (C=O) groups is 2. The molecule has 0 spiro atoms. The van der Waals surface area contributed by atoms with E-state index in [1.165, 1.54) is 16.7 Å². The van der Waals surface area contributed by atoms with Crippen LogP contribution in [0.1, 0.15) is 23.2 Å². The number of para-hydroxylation sites is 1. The van der Waals surface area contributed by atoms with Gasteiger partial charge in [0.25, 0.3) is 0 Å². The fourth-order valence-corrected chi connectivity index (χ4v) is 5.79. The Bertz CT molecular complexity index is 1230. The van der Waals surface area contributed by atoms with Gasteiger partial charge < -0.3 is 14.5 Å². The fourth-order valence-electron chi connectivity index (χ4n) is 5.79. The summed E-state index contributed by atoms with van der Waals surface area (Å²) < 4.78 is 46.2. The second-order valence-electron chi connectivity index (χ2n) is 10.3. The number of nitrogens with zero attached hydrogens (tertiary/aromatic N) is 5. The normalized spacial score (nSPS) is 22.8. The van der Waals surface area contributed by atoms with Gasteiger partial charge in [0, 0.05) is 57.8 Å². The van der Waals surface area contributed by atoms with Crippen molar-refractivity contribution in [2.45, 2.75) is 32.5 Å². The summed E-state index contributed by atoms with van der Waals surface area (Å²) >= 11 is 0. The van der Waals surface area contributed by atoms with Gasteiger partial charge >= 0.3 is 6.18 Å². The van der Waals surface area contributed by atoms with E-state index < -0.39 is 29.6 Å². The molecular weight excluding hydrogens is 499 g/mol. The molecule has 38 heavy (non-hydrogen) atoms. The summed E-state index contributed by atoms with van der Waals surface area (Å²) in [5, 5.41) is 0. The number of carbonyl (C=O) groups excluding carboxylic acids is 2. The molecule has 1 aromatic carbocycles. The molecule has 11 heteroatoms. The number of fused-ring (bicyclic) bond motifs is 2. The third-order valence-corrected chi connectivity index (χ3v) is 7.67. The first-order valence-corrected chi connectivity index (χ1v) is 12.8. The van der Waals surface area contributed by atoms with E-state index in [9.17, 15) is 22.8 Å². The Morgan fingerprint density at radius 1 is 1.08 bits per heavy atom. The number of halogens is 3. The van der Waals surface area contributed by atoms with Crippen molar-refractivity contribution in [2.24, 2.45) is 5.92 Å². The number of hydrogen-bond donors (Lipinski definition) is 0. The molecule has 3 aliphatic rings. The van der Waals surface area contributed by atoms with Crippen LogP contribution in [-0.2, 0) is 20.5 Å². The van der Waals surface area contributed by atoms with Gasteiger partial charge in [0.1, 0.15) is 11.9 Å². The van der Waals surface area contributed by atoms with Crippen LogP contribution in [-0.4, -0.2) is 80.7 Å². The van der Waals surface area contributed by atoms with E-state index in [2.05, 4.69) is 14.8 Å². The minimum absolute atomic E-state index is 0.0521. The Morgan fingerprint density at radius 3 is 2.53 bits per heavy atom. The summed E-state index contributed by atoms with van der Waals surface area (Å²) in [5.41, 5.74) is 1.90. The maximum Gasteiger partial charge on any atom is 0.416 e. The summed E-state index contributed by atoms with van der Waals surface area (Å²) in [6, 6.07) is 6.61. The van der Waals surface area contributed by atoms with E-state index in [1.807, 2.05) is 25.1 Å². The van der Waals surface area contributed by atoms with Gasteiger partial charge in [-0.25, -0.2) is 4.98 Å². The number of alkyl halides is 3. The molecule has 204 valence electrons. The lowest BCUT2D eigenvalue weighted by Gasteiger charge is -2.40. The largest absolute Gasteiger partial charge is 0.416 e. The number of aromatic nitrogens is 1. The van der Waals surface area contributed by atoms with Crippen molar-refractivity contribution in [1.82, 2.24) is 9.88 Å². The van der Waals surface area contributed by atoms with Crippen LogP contribution in [0.25, 0.3) is 0 Å². The monoisotopic (exact) mass is 531 g/mol. The van der Waals surface area contributed by atoms with Gasteiger partial charge in [-0.1, -0.05) is 12.1 Å². The molecule has 2 amide bonds. The molecule has 2 saturated heterocycles. The molecule has 3 aliphatic heterocycles. The predicted octanol–water partition coefficient (Wildman–Crippen LogP) is 3.25. The van der Waals surface area contributed by atoms with E-state index in [0.717, 1.165) is 43.0 Å². The molecule has 0 aliphatic carbocycles. The predicted molar refractivity (Wildman–Crippen MR) is 137 cm³/mol. The maximum atomic E-state index is 13.9. The molecule has 8 nitrogen and oxygen atoms in total. The third-order valence-electron chi connectivity index (χ3n) is 7.67. The number of benzene rings is 1. The van der Waals surface area contributed by atoms with E-state index in [0.29, 0.717) is 32.0 Å². The number of anilines is 3. The van der Waals surface area contributed by atoms with Crippen molar-refractivity contribution < 1.29 is 27.5 Å². The van der Waals surface area contributed by atoms with E-state index in [1.54, 1.807) is 7.05 Å². The summed E-state index contributed by atoms with van der Waals surface area (Å²) in [6.45, 7) is 8.39. The van der Waals surface area contributed by atoms with Crippen molar-refractivity contribution in [3.05, 3.63) is 47.2 Å². The Hall–Kier alpha value is -3.18. The Morgan fingerprint density at radius 2 is 1.82 bits per heavy atom. The Balaban J connectivity index is 1.53. The molecule has 4 heterocycles. The van der Waals surface area contributed by atoms with Crippen molar-refractivity contribution in [3.63, 3.8) is 0 Å². The van der Waals surface area contributed by atoms with Crippen LogP contribution in [0, 0.1) is 19.8 Å². The summed E-state index contributed by atoms with van der Waals surface area (Å²) in [4.78, 5) is 38.8. The Labute approximate surface area is 220 Å². The zero-order valence-electron chi connectivity index (χ0n) is 21.8. The van der Waals surface area contributed by atoms with Gasteiger partial charge in [0.15, 0.2) is 0 Å². The van der Waals surface area contributed by atoms with Gasteiger partial charge in [0.2, 0.25) is 11.8 Å². The standard InChI is InChI=1S/C27H32F3N5O3/c1-17-5-4-6-21-24(17)34(8-7-33-9-11-38-12-10-33)16-19-14-23(36)35(25(19)26(37)32(21)3)22-15-20(27(28,29)30)13-18(2)31-22/h4-6,13,15,19,25H,7-12,14,16H2,1-3H3/t19-,25+/m1/s1. The molecule has 0 unspecified atom stereocenters. The first kappa shape index (κ1) is 26.4. The highest BCUT2D eigenvalue weighted by atomic mass is 19.4. The fraction of sp³-hybridized carbons (Fsp3) is 0.519. The molecule has 5 rings (SSSR count). The number of aryl methyl sites for hydroxylation is 2. The topological polar surface area (TPSA) is 69.2 Å². The lowest BCUT2D eigenvalue weighted by atomic mass is 9.95. The number of amides is 2. The van der Waals surface area contributed by atoms with E-state index in [4.69, 9.17) is 4.74 Å². The zero-order valence-corrected chi connectivity index (χ0v) is 21.8. The molecule has 2 atom stereocenters. The number of ether oxygens (including phenoxy) is 1. The van der Waals surface area contributed by atoms with Gasteiger partial charge in [-0.05, 0) is 37.6 Å². The average Bonchev–Trinajstić information content (AvgIpc) is 3.20. The second-order valence-corrected chi connectivity index (χ2v) is 10.3. The number of hydrogen-bond acceptors (Lipinski definition) is 6. The lowest BCUT2D eigenvalue weighted by molar-refractivity contribution is -0.137. The SMILES string of the molecule is Cc1cc(C(F)(F)F)cc(N2C(=O)C[C@@H]3CN(CCN4CCOCC4)c4c(C)cccc4N(C)C(=O)[C@H]32)n1. The number of likely N-dealkylation sites (N-methyl/N-ethyl adjacent to an activating group) is 1. The number of rotatable bonds is 4. The summed E-state index contributed by atoms with van der Waals surface area (Å²) in [6.07, 6.45) is -4.55. The smallest absolute Gasteiger partial charge is 0.379 e. The molecule has 0 radical (unpaired) electrons. The van der Waals surface area contributed by atoms with Crippen molar-refractivity contribution in [1.29, 1.82) is 0 Å². The van der Waals surface area contributed by atoms with Crippen LogP contribution in [0.5, 0.6) is 0 Å². The van der Waals surface area contributed by atoms with Crippen molar-refractivity contribution in [3.8, 4) is 0 Å². The van der Waals surface area contributed by atoms with E-state index in [-0.39, 0.29) is 23.8 Å². The van der Waals surface area contributed by atoms with Gasteiger partial charge in [0.05, 0.1) is 30.2 Å². The zero-order chi connectivity index (χ0) is 27.2. The van der Waals surface area contributed by atoms with Gasteiger partial charge in [-0.3, -0.25) is 19.4 Å². The highest BCUT2D eigenvalue weighted by Gasteiger charge is 2.49. The van der Waals surface area contributed by atoms with Gasteiger partial charge in [-0.2, -0.15) is 13.2 Å². The van der Waals surface area contributed by atoms with E-state index >= 15 is 0 Å². The average molecular weight is 532 g/mol. The highest BCUT2D eigenvalue weighted by molar-refractivity contribution is 6.10. The Kier molecular flexibility index (Phi) is 7.08. The molecule has 0 N–H and O–H groups in total. The molecule has 2 fully saturated rings. The maximum absolute atomic E-state index is 13.9. The summed E-state index contributed by atoms with van der Waals surface area (Å²) in [5.74, 6) is -1.28. The van der Waals surface area contributed by atoms with Crippen LogP contribution >= 0.6 is 0 Å². The molecule has 1 aromatic heterocycles. The minimum Gasteiger partial charge on any atom is -0.379 e.